The Bertz CT molecular complexity index is 420. The third kappa shape index (κ3) is 3.26. The highest BCUT2D eigenvalue weighted by Gasteiger charge is 2.37. The lowest BCUT2D eigenvalue weighted by Crippen LogP contribution is -2.64. The van der Waals surface area contributed by atoms with Gasteiger partial charge in [0.1, 0.15) is 11.5 Å². The van der Waals surface area contributed by atoms with Crippen molar-refractivity contribution in [1.82, 2.24) is 10.2 Å². The van der Waals surface area contributed by atoms with Crippen LogP contribution >= 0.6 is 0 Å². The fraction of sp³-hybridized carbons (Fsp3) is 0.765. The molecule has 2 heterocycles. The van der Waals surface area contributed by atoms with Crippen LogP contribution in [0, 0.1) is 12.8 Å². The number of aryl methyl sites for hydroxylation is 1. The van der Waals surface area contributed by atoms with E-state index in [0.717, 1.165) is 31.2 Å². The third-order valence-corrected chi connectivity index (χ3v) is 4.94. The zero-order valence-electron chi connectivity index (χ0n) is 13.7. The number of piperazine rings is 1. The molecule has 1 atom stereocenters. The molecule has 0 spiro atoms. The van der Waals surface area contributed by atoms with Gasteiger partial charge in [-0.15, -0.1) is 0 Å². The lowest BCUT2D eigenvalue weighted by Gasteiger charge is -2.48. The minimum Gasteiger partial charge on any atom is -0.465 e. The number of rotatable bonds is 5. The molecule has 1 aliphatic heterocycles. The molecule has 0 saturated carbocycles. The van der Waals surface area contributed by atoms with Gasteiger partial charge in [0, 0.05) is 24.7 Å². The average molecular weight is 278 g/mol. The maximum Gasteiger partial charge on any atom is 0.118 e. The van der Waals surface area contributed by atoms with Crippen molar-refractivity contribution in [2.45, 2.75) is 65.6 Å². The first-order valence-electron chi connectivity index (χ1n) is 8.04. The number of furan rings is 1. The van der Waals surface area contributed by atoms with Crippen molar-refractivity contribution >= 4 is 0 Å². The van der Waals surface area contributed by atoms with Gasteiger partial charge < -0.3 is 9.73 Å². The molecule has 0 bridgehead atoms. The molecule has 1 saturated heterocycles. The predicted molar refractivity (Wildman–Crippen MR) is 83.8 cm³/mol. The zero-order chi connectivity index (χ0) is 14.8. The Hall–Kier alpha value is -0.800. The molecule has 0 aromatic carbocycles. The summed E-state index contributed by atoms with van der Waals surface area (Å²) in [5.41, 5.74) is 0.271. The lowest BCUT2D eigenvalue weighted by atomic mass is 9.86. The summed E-state index contributed by atoms with van der Waals surface area (Å²) in [6.07, 6.45) is 2.37. The Labute approximate surface area is 123 Å². The summed E-state index contributed by atoms with van der Waals surface area (Å²) in [4.78, 5) is 2.62. The van der Waals surface area contributed by atoms with Crippen molar-refractivity contribution in [3.05, 3.63) is 23.7 Å². The first kappa shape index (κ1) is 15.6. The van der Waals surface area contributed by atoms with E-state index in [9.17, 15) is 0 Å². The van der Waals surface area contributed by atoms with Crippen LogP contribution in [0.15, 0.2) is 16.5 Å². The highest BCUT2D eigenvalue weighted by atomic mass is 16.3. The summed E-state index contributed by atoms with van der Waals surface area (Å²) in [6, 6.07) is 4.77. The molecule has 2 rings (SSSR count). The topological polar surface area (TPSA) is 28.4 Å². The molecule has 1 fully saturated rings. The van der Waals surface area contributed by atoms with E-state index in [1.165, 1.54) is 12.8 Å². The van der Waals surface area contributed by atoms with Gasteiger partial charge in [-0.1, -0.05) is 27.7 Å². The number of hydrogen-bond donors (Lipinski definition) is 1. The minimum atomic E-state index is 0.271. The monoisotopic (exact) mass is 278 g/mol. The van der Waals surface area contributed by atoms with Crippen LogP contribution in [0.4, 0.5) is 0 Å². The van der Waals surface area contributed by atoms with Crippen LogP contribution in [0.5, 0.6) is 0 Å². The second-order valence-electron chi connectivity index (χ2n) is 6.60. The van der Waals surface area contributed by atoms with Gasteiger partial charge in [-0.05, 0) is 37.8 Å². The van der Waals surface area contributed by atoms with Crippen molar-refractivity contribution in [3.8, 4) is 0 Å². The average Bonchev–Trinajstić information content (AvgIpc) is 2.83. The highest BCUT2D eigenvalue weighted by molar-refractivity contribution is 5.07. The van der Waals surface area contributed by atoms with Gasteiger partial charge in [-0.2, -0.15) is 0 Å². The molecule has 20 heavy (non-hydrogen) atoms. The molecule has 0 amide bonds. The van der Waals surface area contributed by atoms with Gasteiger partial charge in [0.05, 0.1) is 6.54 Å². The molecule has 0 radical (unpaired) electrons. The fourth-order valence-corrected chi connectivity index (χ4v) is 3.34. The molecular weight excluding hydrogens is 248 g/mol. The van der Waals surface area contributed by atoms with E-state index in [1.807, 2.05) is 6.92 Å². The highest BCUT2D eigenvalue weighted by Crippen LogP contribution is 2.27. The van der Waals surface area contributed by atoms with Crippen LogP contribution < -0.4 is 5.32 Å². The van der Waals surface area contributed by atoms with Crippen LogP contribution in [0.25, 0.3) is 0 Å². The molecular formula is C17H30N2O. The van der Waals surface area contributed by atoms with Crippen molar-refractivity contribution in [1.29, 1.82) is 0 Å². The third-order valence-electron chi connectivity index (χ3n) is 4.94. The SMILES string of the molecule is CCC1(CC)CN(Cc2ccc(C)o2)C(C(C)C)CN1. The van der Waals surface area contributed by atoms with Crippen molar-refractivity contribution < 1.29 is 4.42 Å². The Balaban J connectivity index is 2.14. The zero-order valence-corrected chi connectivity index (χ0v) is 13.7. The van der Waals surface area contributed by atoms with Crippen LogP contribution in [-0.2, 0) is 6.54 Å². The summed E-state index contributed by atoms with van der Waals surface area (Å²) in [5, 5.41) is 3.81. The first-order chi connectivity index (χ1) is 9.49. The van der Waals surface area contributed by atoms with Gasteiger partial charge in [0.15, 0.2) is 0 Å². The largest absolute Gasteiger partial charge is 0.465 e. The second-order valence-corrected chi connectivity index (χ2v) is 6.60. The number of hydrogen-bond acceptors (Lipinski definition) is 3. The van der Waals surface area contributed by atoms with E-state index in [0.29, 0.717) is 12.0 Å². The summed E-state index contributed by atoms with van der Waals surface area (Å²) >= 11 is 0. The van der Waals surface area contributed by atoms with Gasteiger partial charge in [-0.3, -0.25) is 4.90 Å². The summed E-state index contributed by atoms with van der Waals surface area (Å²) in [7, 11) is 0. The van der Waals surface area contributed by atoms with Crippen molar-refractivity contribution in [2.24, 2.45) is 5.92 Å². The van der Waals surface area contributed by atoms with Crippen molar-refractivity contribution in [2.75, 3.05) is 13.1 Å². The standard InChI is InChI=1S/C17H30N2O/c1-6-17(7-2)12-19(16(10-18-17)13(3)4)11-15-9-8-14(5)20-15/h8-9,13,16,18H,6-7,10-12H2,1-5H3. The molecule has 1 aromatic rings. The fourth-order valence-electron chi connectivity index (χ4n) is 3.34. The Morgan fingerprint density at radius 2 is 2.05 bits per heavy atom. The maximum atomic E-state index is 5.79. The first-order valence-corrected chi connectivity index (χ1v) is 8.04. The molecule has 1 aromatic heterocycles. The summed E-state index contributed by atoms with van der Waals surface area (Å²) in [6.45, 7) is 14.4. The molecule has 1 aliphatic rings. The van der Waals surface area contributed by atoms with Gasteiger partial charge in [0.25, 0.3) is 0 Å². The van der Waals surface area contributed by atoms with E-state index in [-0.39, 0.29) is 5.54 Å². The van der Waals surface area contributed by atoms with Crippen LogP contribution in [-0.4, -0.2) is 29.6 Å². The molecule has 0 aliphatic carbocycles. The van der Waals surface area contributed by atoms with Gasteiger partial charge in [0.2, 0.25) is 0 Å². The van der Waals surface area contributed by atoms with E-state index in [4.69, 9.17) is 4.42 Å². The van der Waals surface area contributed by atoms with E-state index in [1.54, 1.807) is 0 Å². The van der Waals surface area contributed by atoms with Crippen LogP contribution in [0.1, 0.15) is 52.1 Å². The Morgan fingerprint density at radius 3 is 2.55 bits per heavy atom. The number of nitrogens with zero attached hydrogens (tertiary/aromatic N) is 1. The van der Waals surface area contributed by atoms with Gasteiger partial charge in [-0.25, -0.2) is 0 Å². The summed E-state index contributed by atoms with van der Waals surface area (Å²) in [5.74, 6) is 2.76. The molecule has 114 valence electrons. The number of nitrogens with one attached hydrogen (secondary N) is 1. The van der Waals surface area contributed by atoms with E-state index in [2.05, 4.69) is 50.0 Å². The molecule has 3 nitrogen and oxygen atoms in total. The lowest BCUT2D eigenvalue weighted by molar-refractivity contribution is 0.0393. The van der Waals surface area contributed by atoms with E-state index < -0.39 is 0 Å². The van der Waals surface area contributed by atoms with E-state index >= 15 is 0 Å². The van der Waals surface area contributed by atoms with Crippen LogP contribution in [0.2, 0.25) is 0 Å². The second kappa shape index (κ2) is 6.31. The normalized spacial score (nSPS) is 23.4. The maximum absolute atomic E-state index is 5.79. The van der Waals surface area contributed by atoms with Crippen molar-refractivity contribution in [3.63, 3.8) is 0 Å². The minimum absolute atomic E-state index is 0.271. The Kier molecular flexibility index (Phi) is 4.92. The van der Waals surface area contributed by atoms with Gasteiger partial charge >= 0.3 is 0 Å². The molecule has 1 unspecified atom stereocenters. The Morgan fingerprint density at radius 1 is 1.35 bits per heavy atom. The quantitative estimate of drug-likeness (QED) is 0.892. The molecule has 1 N–H and O–H groups in total. The predicted octanol–water partition coefficient (Wildman–Crippen LogP) is 3.58. The molecule has 3 heteroatoms. The summed E-state index contributed by atoms with van der Waals surface area (Å²) < 4.78 is 5.79. The van der Waals surface area contributed by atoms with Crippen LogP contribution in [0.3, 0.4) is 0 Å². The smallest absolute Gasteiger partial charge is 0.118 e.